The van der Waals surface area contributed by atoms with Crippen molar-refractivity contribution in [2.24, 2.45) is 0 Å². The maximum Gasteiger partial charge on any atom is 0.267 e. The number of nitrogens with zero attached hydrogens (tertiary/aromatic N) is 1. The van der Waals surface area contributed by atoms with Gasteiger partial charge >= 0.3 is 0 Å². The van der Waals surface area contributed by atoms with Crippen molar-refractivity contribution in [1.29, 1.82) is 0 Å². The van der Waals surface area contributed by atoms with Crippen LogP contribution in [0.2, 0.25) is 0 Å². The maximum atomic E-state index is 12.5. The van der Waals surface area contributed by atoms with Crippen LogP contribution in [-0.4, -0.2) is 36.4 Å². The molecule has 0 fully saturated rings. The largest absolute Gasteiger partial charge is 0.388 e. The van der Waals surface area contributed by atoms with E-state index in [4.69, 9.17) is 0 Å². The SMILES string of the molecule is CC1=C(C(C)O)C(=O)N(S(=O)(=O)c2ccc(C)cc2)C1. The summed E-state index contributed by atoms with van der Waals surface area (Å²) in [5.41, 5.74) is 1.69. The minimum Gasteiger partial charge on any atom is -0.388 e. The van der Waals surface area contributed by atoms with Gasteiger partial charge in [0.1, 0.15) is 0 Å². The molecule has 1 aromatic rings. The van der Waals surface area contributed by atoms with Crippen LogP contribution >= 0.6 is 0 Å². The number of hydrogen-bond donors (Lipinski definition) is 1. The van der Waals surface area contributed by atoms with Gasteiger partial charge in [0, 0.05) is 5.57 Å². The minimum absolute atomic E-state index is 0.00469. The predicted octanol–water partition coefficient (Wildman–Crippen LogP) is 1.22. The molecule has 20 heavy (non-hydrogen) atoms. The third kappa shape index (κ3) is 2.36. The molecule has 0 radical (unpaired) electrons. The van der Waals surface area contributed by atoms with Gasteiger partial charge in [-0.3, -0.25) is 4.79 Å². The Labute approximate surface area is 118 Å². The van der Waals surface area contributed by atoms with Crippen molar-refractivity contribution in [1.82, 2.24) is 4.31 Å². The predicted molar refractivity (Wildman–Crippen MR) is 74.5 cm³/mol. The van der Waals surface area contributed by atoms with Crippen molar-refractivity contribution in [2.45, 2.75) is 31.8 Å². The Kier molecular flexibility index (Phi) is 3.71. The molecule has 0 bridgehead atoms. The first-order chi connectivity index (χ1) is 9.25. The molecular weight excluding hydrogens is 278 g/mol. The monoisotopic (exact) mass is 295 g/mol. The summed E-state index contributed by atoms with van der Waals surface area (Å²) in [6.45, 7) is 4.97. The highest BCUT2D eigenvalue weighted by Gasteiger charge is 2.38. The van der Waals surface area contributed by atoms with Crippen LogP contribution in [0.5, 0.6) is 0 Å². The first-order valence-corrected chi connectivity index (χ1v) is 7.70. The molecule has 6 heteroatoms. The average Bonchev–Trinajstić information content (AvgIpc) is 2.66. The number of sulfonamides is 1. The van der Waals surface area contributed by atoms with Gasteiger partial charge in [-0.1, -0.05) is 17.7 Å². The van der Waals surface area contributed by atoms with Crippen LogP contribution in [0.3, 0.4) is 0 Å². The molecule has 1 amide bonds. The molecule has 108 valence electrons. The lowest BCUT2D eigenvalue weighted by Gasteiger charge is -2.17. The van der Waals surface area contributed by atoms with Gasteiger partial charge in [-0.05, 0) is 38.5 Å². The Morgan fingerprint density at radius 3 is 2.20 bits per heavy atom. The Morgan fingerprint density at radius 2 is 1.75 bits per heavy atom. The lowest BCUT2D eigenvalue weighted by molar-refractivity contribution is -0.122. The number of amides is 1. The van der Waals surface area contributed by atoms with E-state index < -0.39 is 22.0 Å². The molecular formula is C14H17NO4S. The minimum atomic E-state index is -3.87. The molecule has 0 saturated heterocycles. The topological polar surface area (TPSA) is 74.7 Å². The second-order valence-electron chi connectivity index (χ2n) is 5.00. The van der Waals surface area contributed by atoms with Gasteiger partial charge in [-0.15, -0.1) is 0 Å². The second-order valence-corrected chi connectivity index (χ2v) is 6.86. The van der Waals surface area contributed by atoms with Crippen LogP contribution in [0.15, 0.2) is 40.3 Å². The van der Waals surface area contributed by atoms with Crippen molar-refractivity contribution in [2.75, 3.05) is 6.54 Å². The zero-order chi connectivity index (χ0) is 15.1. The molecule has 0 spiro atoms. The summed E-state index contributed by atoms with van der Waals surface area (Å²) >= 11 is 0. The molecule has 0 saturated carbocycles. The summed E-state index contributed by atoms with van der Waals surface area (Å²) in [5.74, 6) is -0.641. The Balaban J connectivity index is 2.39. The van der Waals surface area contributed by atoms with Gasteiger partial charge in [-0.2, -0.15) is 0 Å². The summed E-state index contributed by atoms with van der Waals surface area (Å²) < 4.78 is 25.7. The highest BCUT2D eigenvalue weighted by Crippen LogP contribution is 2.27. The van der Waals surface area contributed by atoms with Crippen LogP contribution in [0.25, 0.3) is 0 Å². The molecule has 1 unspecified atom stereocenters. The van der Waals surface area contributed by atoms with Gasteiger partial charge in [0.15, 0.2) is 0 Å². The summed E-state index contributed by atoms with van der Waals surface area (Å²) in [7, 11) is -3.87. The van der Waals surface area contributed by atoms with Crippen LogP contribution in [0.4, 0.5) is 0 Å². The van der Waals surface area contributed by atoms with E-state index in [0.29, 0.717) is 5.57 Å². The lowest BCUT2D eigenvalue weighted by atomic mass is 10.1. The molecule has 5 nitrogen and oxygen atoms in total. The molecule has 1 N–H and O–H groups in total. The second kappa shape index (κ2) is 5.03. The van der Waals surface area contributed by atoms with E-state index >= 15 is 0 Å². The third-order valence-corrected chi connectivity index (χ3v) is 5.07. The number of carbonyl (C=O) groups excluding carboxylic acids is 1. The molecule has 1 heterocycles. The van der Waals surface area contributed by atoms with Gasteiger partial charge in [0.2, 0.25) is 0 Å². The van der Waals surface area contributed by atoms with E-state index in [1.54, 1.807) is 19.1 Å². The Bertz CT molecular complexity index is 672. The van der Waals surface area contributed by atoms with Gasteiger partial charge in [-0.25, -0.2) is 12.7 Å². The van der Waals surface area contributed by atoms with Crippen LogP contribution in [0, 0.1) is 6.92 Å². The summed E-state index contributed by atoms with van der Waals surface area (Å²) in [4.78, 5) is 12.3. The van der Waals surface area contributed by atoms with Crippen molar-refractivity contribution < 1.29 is 18.3 Å². The van der Waals surface area contributed by atoms with Crippen LogP contribution < -0.4 is 0 Å². The molecule has 0 aromatic heterocycles. The summed E-state index contributed by atoms with van der Waals surface area (Å²) in [5, 5.41) is 9.58. The van der Waals surface area contributed by atoms with E-state index in [1.165, 1.54) is 19.1 Å². The summed E-state index contributed by atoms with van der Waals surface area (Å²) in [6, 6.07) is 6.33. The number of aryl methyl sites for hydroxylation is 1. The Morgan fingerprint density at radius 1 is 1.20 bits per heavy atom. The first-order valence-electron chi connectivity index (χ1n) is 6.26. The smallest absolute Gasteiger partial charge is 0.267 e. The molecule has 2 rings (SSSR count). The zero-order valence-corrected chi connectivity index (χ0v) is 12.4. The van der Waals surface area contributed by atoms with E-state index in [9.17, 15) is 18.3 Å². The van der Waals surface area contributed by atoms with Crippen molar-refractivity contribution in [3.05, 3.63) is 41.0 Å². The molecule has 1 aromatic carbocycles. The van der Waals surface area contributed by atoms with Gasteiger partial charge in [0.05, 0.1) is 17.5 Å². The normalized spacial score (nSPS) is 17.8. The summed E-state index contributed by atoms with van der Waals surface area (Å²) in [6.07, 6.45) is -0.972. The van der Waals surface area contributed by atoms with Crippen molar-refractivity contribution in [3.63, 3.8) is 0 Å². The molecule has 1 aliphatic rings. The molecule has 1 atom stereocenters. The van der Waals surface area contributed by atoms with Gasteiger partial charge in [0.25, 0.3) is 15.9 Å². The van der Waals surface area contributed by atoms with E-state index in [-0.39, 0.29) is 17.0 Å². The maximum absolute atomic E-state index is 12.5. The first kappa shape index (κ1) is 14.7. The highest BCUT2D eigenvalue weighted by atomic mass is 32.2. The van der Waals surface area contributed by atoms with E-state index in [2.05, 4.69) is 0 Å². The van der Waals surface area contributed by atoms with Crippen LogP contribution in [0.1, 0.15) is 19.4 Å². The van der Waals surface area contributed by atoms with Crippen LogP contribution in [-0.2, 0) is 14.8 Å². The van der Waals surface area contributed by atoms with E-state index in [0.717, 1.165) is 9.87 Å². The average molecular weight is 295 g/mol. The van der Waals surface area contributed by atoms with Gasteiger partial charge < -0.3 is 5.11 Å². The number of aliphatic hydroxyl groups is 1. The molecule has 1 aliphatic heterocycles. The highest BCUT2D eigenvalue weighted by molar-refractivity contribution is 7.89. The Hall–Kier alpha value is -1.66. The fourth-order valence-electron chi connectivity index (χ4n) is 2.26. The standard InChI is InChI=1S/C14H17NO4S/c1-9-4-6-12(7-5-9)20(18,19)15-8-10(2)13(11(3)16)14(15)17/h4-7,11,16H,8H2,1-3H3. The number of benzene rings is 1. The number of aliphatic hydroxyl groups excluding tert-OH is 1. The molecule has 0 aliphatic carbocycles. The quantitative estimate of drug-likeness (QED) is 0.910. The number of carbonyl (C=O) groups is 1. The third-order valence-electron chi connectivity index (χ3n) is 3.32. The number of rotatable bonds is 3. The fourth-order valence-corrected chi connectivity index (χ4v) is 3.67. The zero-order valence-electron chi connectivity index (χ0n) is 11.6. The van der Waals surface area contributed by atoms with E-state index in [1.807, 2.05) is 6.92 Å². The van der Waals surface area contributed by atoms with Crippen molar-refractivity contribution in [3.8, 4) is 0 Å². The number of hydrogen-bond acceptors (Lipinski definition) is 4. The van der Waals surface area contributed by atoms with Crippen molar-refractivity contribution >= 4 is 15.9 Å². The fraction of sp³-hybridized carbons (Fsp3) is 0.357. The lowest BCUT2D eigenvalue weighted by Crippen LogP contribution is -2.35.